The Bertz CT molecular complexity index is 136. The van der Waals surface area contributed by atoms with Crippen LogP contribution in [0.4, 0.5) is 0 Å². The summed E-state index contributed by atoms with van der Waals surface area (Å²) in [7, 11) is 0. The van der Waals surface area contributed by atoms with E-state index in [0.717, 1.165) is 0 Å². The highest BCUT2D eigenvalue weighted by Gasteiger charge is 2.02. The molecule has 0 fully saturated rings. The van der Waals surface area contributed by atoms with E-state index in [4.69, 9.17) is 6.57 Å². The van der Waals surface area contributed by atoms with Crippen molar-refractivity contribution in [1.29, 1.82) is 0 Å². The molecule has 0 radical (unpaired) electrons. The van der Waals surface area contributed by atoms with E-state index in [1.54, 1.807) is 6.92 Å². The van der Waals surface area contributed by atoms with E-state index < -0.39 is 0 Å². The fraction of sp³-hybridized carbons (Fsp3) is 0.667. The largest absolute Gasteiger partial charge is 0.349 e. The first-order valence-corrected chi connectivity index (χ1v) is 2.78. The van der Waals surface area contributed by atoms with Gasteiger partial charge in [0.25, 0.3) is 0 Å². The molecule has 0 aliphatic heterocycles. The first-order valence-electron chi connectivity index (χ1n) is 2.78. The second-order valence-corrected chi connectivity index (χ2v) is 1.92. The number of nitrogens with one attached hydrogen (secondary N) is 1. The smallest absolute Gasteiger partial charge is 0.237 e. The molecule has 0 aliphatic carbocycles. The zero-order valence-electron chi connectivity index (χ0n) is 5.64. The van der Waals surface area contributed by atoms with Gasteiger partial charge in [-0.2, -0.15) is 0 Å². The summed E-state index contributed by atoms with van der Waals surface area (Å²) in [6.45, 7) is 10.2. The lowest BCUT2D eigenvalue weighted by molar-refractivity contribution is -0.118. The van der Waals surface area contributed by atoms with Gasteiger partial charge in [0.05, 0.1) is 6.54 Å². The third-order valence-corrected chi connectivity index (χ3v) is 0.867. The molecule has 3 heteroatoms. The molecule has 9 heavy (non-hydrogen) atoms. The van der Waals surface area contributed by atoms with Gasteiger partial charge >= 0.3 is 0 Å². The maximum Gasteiger partial charge on any atom is 0.237 e. The zero-order chi connectivity index (χ0) is 7.28. The molecule has 0 heterocycles. The second-order valence-electron chi connectivity index (χ2n) is 1.92. The lowest BCUT2D eigenvalue weighted by Crippen LogP contribution is -2.26. The summed E-state index contributed by atoms with van der Waals surface area (Å²) in [4.78, 5) is 13.4. The van der Waals surface area contributed by atoms with Crippen LogP contribution in [0.1, 0.15) is 13.8 Å². The van der Waals surface area contributed by atoms with Gasteiger partial charge in [-0.3, -0.25) is 4.79 Å². The highest BCUT2D eigenvalue weighted by molar-refractivity contribution is 5.72. The van der Waals surface area contributed by atoms with Crippen LogP contribution in [0.15, 0.2) is 0 Å². The topological polar surface area (TPSA) is 33.5 Å². The highest BCUT2D eigenvalue weighted by Crippen LogP contribution is 1.83. The fourth-order valence-corrected chi connectivity index (χ4v) is 0.337. The average molecular weight is 126 g/mol. The normalized spacial score (nSPS) is 11.7. The van der Waals surface area contributed by atoms with E-state index in [0.29, 0.717) is 6.54 Å². The minimum atomic E-state index is -0.103. The molecule has 1 N–H and O–H groups in total. The van der Waals surface area contributed by atoms with E-state index in [9.17, 15) is 4.79 Å². The molecule has 0 aromatic rings. The third kappa shape index (κ3) is 4.82. The number of rotatable bonds is 2. The van der Waals surface area contributed by atoms with Crippen LogP contribution in [-0.4, -0.2) is 18.5 Å². The highest BCUT2D eigenvalue weighted by atomic mass is 16.1. The van der Waals surface area contributed by atoms with Gasteiger partial charge in [-0.15, -0.1) is 0 Å². The molecule has 1 atom stereocenters. The summed E-state index contributed by atoms with van der Waals surface area (Å²) in [5.41, 5.74) is 0. The van der Waals surface area contributed by atoms with E-state index in [1.807, 2.05) is 0 Å². The average Bonchev–Trinajstić information content (AvgIpc) is 1.83. The first-order chi connectivity index (χ1) is 4.16. The van der Waals surface area contributed by atoms with Gasteiger partial charge in [-0.05, 0) is 0 Å². The number of carbonyl (C=O) groups excluding carboxylic acids is 1. The monoisotopic (exact) mass is 126 g/mol. The van der Waals surface area contributed by atoms with Gasteiger partial charge in [0.1, 0.15) is 0 Å². The van der Waals surface area contributed by atoms with Crippen molar-refractivity contribution < 1.29 is 4.79 Å². The van der Waals surface area contributed by atoms with Crippen LogP contribution in [0, 0.1) is 6.57 Å². The minimum Gasteiger partial charge on any atom is -0.349 e. The Kier molecular flexibility index (Phi) is 3.45. The van der Waals surface area contributed by atoms with Gasteiger partial charge in [0, 0.05) is 13.8 Å². The van der Waals surface area contributed by atoms with Crippen molar-refractivity contribution in [2.75, 3.05) is 6.54 Å². The van der Waals surface area contributed by atoms with Gasteiger partial charge in [-0.1, -0.05) is 0 Å². The summed E-state index contributed by atoms with van der Waals surface area (Å²) >= 11 is 0. The van der Waals surface area contributed by atoms with Crippen molar-refractivity contribution in [2.45, 2.75) is 19.9 Å². The standard InChI is InChI=1S/C6H10N2O/c1-5(7-3)4-8-6(2)9/h5H,4H2,1-2H3,(H,8,9). The van der Waals surface area contributed by atoms with E-state index in [-0.39, 0.29) is 11.9 Å². The molecule has 50 valence electrons. The van der Waals surface area contributed by atoms with Crippen LogP contribution in [0.5, 0.6) is 0 Å². The van der Waals surface area contributed by atoms with Crippen LogP contribution in [0.25, 0.3) is 4.85 Å². The van der Waals surface area contributed by atoms with Crippen LogP contribution in [-0.2, 0) is 4.79 Å². The van der Waals surface area contributed by atoms with Crippen molar-refractivity contribution in [3.63, 3.8) is 0 Å². The molecule has 0 aliphatic rings. The summed E-state index contributed by atoms with van der Waals surface area (Å²) in [5, 5.41) is 2.54. The van der Waals surface area contributed by atoms with Gasteiger partial charge in [0.2, 0.25) is 11.9 Å². The molecule has 3 nitrogen and oxygen atoms in total. The van der Waals surface area contributed by atoms with Crippen molar-refractivity contribution in [2.24, 2.45) is 0 Å². The van der Waals surface area contributed by atoms with Gasteiger partial charge < -0.3 is 10.2 Å². The number of nitrogens with zero attached hydrogens (tertiary/aromatic N) is 1. The van der Waals surface area contributed by atoms with Crippen molar-refractivity contribution in [3.8, 4) is 0 Å². The zero-order valence-corrected chi connectivity index (χ0v) is 5.64. The van der Waals surface area contributed by atoms with Crippen molar-refractivity contribution in [3.05, 3.63) is 11.4 Å². The predicted molar refractivity (Wildman–Crippen MR) is 34.7 cm³/mol. The van der Waals surface area contributed by atoms with Crippen LogP contribution in [0.3, 0.4) is 0 Å². The first kappa shape index (κ1) is 7.96. The number of hydrogen-bond donors (Lipinski definition) is 1. The Hall–Kier alpha value is -1.04. The molecule has 0 aromatic heterocycles. The Morgan fingerprint density at radius 1 is 1.89 bits per heavy atom. The van der Waals surface area contributed by atoms with Crippen LogP contribution >= 0.6 is 0 Å². The Morgan fingerprint density at radius 2 is 2.44 bits per heavy atom. The third-order valence-electron chi connectivity index (χ3n) is 0.867. The number of amides is 1. The second kappa shape index (κ2) is 3.90. The number of carbonyl (C=O) groups is 1. The molecule has 0 aromatic carbocycles. The summed E-state index contributed by atoms with van der Waals surface area (Å²) in [6, 6.07) is -0.103. The maximum absolute atomic E-state index is 10.3. The molecule has 0 saturated carbocycles. The molecule has 0 saturated heterocycles. The Labute approximate surface area is 54.9 Å². The van der Waals surface area contributed by atoms with E-state index in [1.165, 1.54) is 6.92 Å². The SMILES string of the molecule is [C-]#[N+]C(C)CNC(C)=O. The number of hydrogen-bond acceptors (Lipinski definition) is 1. The lowest BCUT2D eigenvalue weighted by atomic mass is 10.3. The van der Waals surface area contributed by atoms with Crippen LogP contribution in [0.2, 0.25) is 0 Å². The molecule has 1 amide bonds. The van der Waals surface area contributed by atoms with E-state index >= 15 is 0 Å². The molecule has 0 spiro atoms. The summed E-state index contributed by atoms with van der Waals surface area (Å²) < 4.78 is 0. The predicted octanol–water partition coefficient (Wildman–Crippen LogP) is 0.430. The molecular formula is C6H10N2O. The van der Waals surface area contributed by atoms with Gasteiger partial charge in [0.15, 0.2) is 0 Å². The maximum atomic E-state index is 10.3. The lowest BCUT2D eigenvalue weighted by Gasteiger charge is -1.97. The Morgan fingerprint density at radius 3 is 2.78 bits per heavy atom. The van der Waals surface area contributed by atoms with Crippen LogP contribution < -0.4 is 5.32 Å². The molecular weight excluding hydrogens is 116 g/mol. The Balaban J connectivity index is 3.30. The minimum absolute atomic E-state index is 0.0782. The van der Waals surface area contributed by atoms with Crippen molar-refractivity contribution >= 4 is 5.91 Å². The molecule has 0 rings (SSSR count). The van der Waals surface area contributed by atoms with E-state index in [2.05, 4.69) is 10.2 Å². The van der Waals surface area contributed by atoms with Gasteiger partial charge in [-0.25, -0.2) is 6.57 Å². The molecule has 0 bridgehead atoms. The summed E-state index contributed by atoms with van der Waals surface area (Å²) in [6.07, 6.45) is 0. The quantitative estimate of drug-likeness (QED) is 0.535. The fourth-order valence-electron chi connectivity index (χ4n) is 0.337. The summed E-state index contributed by atoms with van der Waals surface area (Å²) in [5.74, 6) is -0.0782. The molecule has 1 unspecified atom stereocenters. The van der Waals surface area contributed by atoms with Crippen molar-refractivity contribution in [1.82, 2.24) is 5.32 Å².